The van der Waals surface area contributed by atoms with Gasteiger partial charge in [0.2, 0.25) is 0 Å². The molecule has 0 saturated heterocycles. The molecule has 74 valence electrons. The molecule has 0 aliphatic heterocycles. The quantitative estimate of drug-likeness (QED) is 0.721. The molecule has 4 heteroatoms. The largest absolute Gasteiger partial charge is 0.478 e. The van der Waals surface area contributed by atoms with Gasteiger partial charge in [-0.05, 0) is 12.1 Å². The van der Waals surface area contributed by atoms with Gasteiger partial charge >= 0.3 is 5.97 Å². The smallest absolute Gasteiger partial charge is 0.336 e. The molecule has 0 heterocycles. The van der Waals surface area contributed by atoms with Crippen molar-refractivity contribution in [1.82, 2.24) is 0 Å². The summed E-state index contributed by atoms with van der Waals surface area (Å²) in [5.41, 5.74) is 5.35. The van der Waals surface area contributed by atoms with Gasteiger partial charge in [0.15, 0.2) is 0 Å². The number of nitrogens with two attached hydrogens (primary N) is 1. The first kappa shape index (κ1) is 10.4. The third-order valence-corrected chi connectivity index (χ3v) is 1.87. The third kappa shape index (κ3) is 1.80. The van der Waals surface area contributed by atoms with Crippen LogP contribution in [0.4, 0.5) is 4.39 Å². The lowest BCUT2D eigenvalue weighted by Crippen LogP contribution is -2.14. The zero-order valence-corrected chi connectivity index (χ0v) is 7.40. The van der Waals surface area contributed by atoms with E-state index in [1.165, 1.54) is 24.3 Å². The van der Waals surface area contributed by atoms with E-state index in [-0.39, 0.29) is 11.1 Å². The van der Waals surface area contributed by atoms with Gasteiger partial charge in [0.1, 0.15) is 5.82 Å². The van der Waals surface area contributed by atoms with Crippen LogP contribution in [0.3, 0.4) is 0 Å². The summed E-state index contributed by atoms with van der Waals surface area (Å²) in [6, 6.07) is 3.01. The number of hydrogen-bond acceptors (Lipinski definition) is 2. The van der Waals surface area contributed by atoms with Crippen molar-refractivity contribution in [2.75, 3.05) is 0 Å². The zero-order valence-electron chi connectivity index (χ0n) is 7.40. The van der Waals surface area contributed by atoms with Crippen LogP contribution in [0.1, 0.15) is 22.0 Å². The highest BCUT2D eigenvalue weighted by molar-refractivity contribution is 5.89. The molecule has 1 aromatic carbocycles. The van der Waals surface area contributed by atoms with E-state index in [1.807, 2.05) is 0 Å². The first-order valence-electron chi connectivity index (χ1n) is 3.97. The standard InChI is InChI=1S/C10H10FNO2/c1-2-8(12)9-6(10(13)14)4-3-5-7(9)11/h2-5,8H,1,12H2,(H,13,14). The molecule has 1 aromatic rings. The monoisotopic (exact) mass is 195 g/mol. The van der Waals surface area contributed by atoms with Gasteiger partial charge in [-0.1, -0.05) is 12.1 Å². The van der Waals surface area contributed by atoms with Gasteiger partial charge in [-0.15, -0.1) is 6.58 Å². The maximum atomic E-state index is 13.3. The molecule has 0 fully saturated rings. The molecule has 0 aliphatic carbocycles. The van der Waals surface area contributed by atoms with Crippen molar-refractivity contribution in [3.63, 3.8) is 0 Å². The topological polar surface area (TPSA) is 63.3 Å². The Morgan fingerprint density at radius 1 is 1.64 bits per heavy atom. The number of hydrogen-bond donors (Lipinski definition) is 2. The van der Waals surface area contributed by atoms with Gasteiger partial charge in [-0.3, -0.25) is 0 Å². The first-order valence-corrected chi connectivity index (χ1v) is 3.97. The summed E-state index contributed by atoms with van der Waals surface area (Å²) in [5, 5.41) is 8.78. The first-order chi connectivity index (χ1) is 6.57. The van der Waals surface area contributed by atoms with Crippen LogP contribution in [-0.2, 0) is 0 Å². The summed E-state index contributed by atoms with van der Waals surface area (Å²) < 4.78 is 13.3. The summed E-state index contributed by atoms with van der Waals surface area (Å²) >= 11 is 0. The summed E-state index contributed by atoms with van der Waals surface area (Å²) in [6.45, 7) is 3.39. The Kier molecular flexibility index (Phi) is 2.99. The van der Waals surface area contributed by atoms with Crippen LogP contribution >= 0.6 is 0 Å². The Bertz CT molecular complexity index is 376. The van der Waals surface area contributed by atoms with E-state index < -0.39 is 17.8 Å². The molecule has 0 aliphatic rings. The SMILES string of the molecule is C=CC(N)c1c(F)cccc1C(=O)O. The number of aromatic carboxylic acids is 1. The number of carboxylic acids is 1. The Labute approximate surface area is 80.7 Å². The Hall–Kier alpha value is -1.68. The highest BCUT2D eigenvalue weighted by Crippen LogP contribution is 2.20. The van der Waals surface area contributed by atoms with Crippen molar-refractivity contribution >= 4 is 5.97 Å². The van der Waals surface area contributed by atoms with Crippen molar-refractivity contribution in [3.05, 3.63) is 47.8 Å². The second kappa shape index (κ2) is 4.02. The van der Waals surface area contributed by atoms with Crippen molar-refractivity contribution in [3.8, 4) is 0 Å². The predicted molar refractivity (Wildman–Crippen MR) is 50.5 cm³/mol. The molecule has 0 saturated carbocycles. The minimum absolute atomic E-state index is 0.0324. The molecule has 1 unspecified atom stereocenters. The Morgan fingerprint density at radius 3 is 2.79 bits per heavy atom. The van der Waals surface area contributed by atoms with E-state index in [2.05, 4.69) is 6.58 Å². The second-order valence-corrected chi connectivity index (χ2v) is 2.77. The maximum absolute atomic E-state index is 13.3. The molecular weight excluding hydrogens is 185 g/mol. The van der Waals surface area contributed by atoms with E-state index in [9.17, 15) is 9.18 Å². The fourth-order valence-corrected chi connectivity index (χ4v) is 1.18. The molecule has 0 bridgehead atoms. The van der Waals surface area contributed by atoms with Crippen molar-refractivity contribution in [2.45, 2.75) is 6.04 Å². The average Bonchev–Trinajstić information content (AvgIpc) is 2.16. The molecule has 3 nitrogen and oxygen atoms in total. The van der Waals surface area contributed by atoms with Crippen molar-refractivity contribution in [2.24, 2.45) is 5.73 Å². The minimum Gasteiger partial charge on any atom is -0.478 e. The van der Waals surface area contributed by atoms with E-state index in [0.29, 0.717) is 0 Å². The van der Waals surface area contributed by atoms with Crippen LogP contribution in [0.2, 0.25) is 0 Å². The highest BCUT2D eigenvalue weighted by Gasteiger charge is 2.17. The van der Waals surface area contributed by atoms with Crippen LogP contribution in [0, 0.1) is 5.82 Å². The predicted octanol–water partition coefficient (Wildman–Crippen LogP) is 1.71. The molecular formula is C10H10FNO2. The number of benzene rings is 1. The van der Waals surface area contributed by atoms with E-state index in [4.69, 9.17) is 10.8 Å². The van der Waals surface area contributed by atoms with E-state index in [1.54, 1.807) is 0 Å². The normalized spacial score (nSPS) is 12.1. The lowest BCUT2D eigenvalue weighted by Gasteiger charge is -2.10. The molecule has 0 amide bonds. The second-order valence-electron chi connectivity index (χ2n) is 2.77. The molecule has 0 spiro atoms. The van der Waals surface area contributed by atoms with Gasteiger partial charge in [0.25, 0.3) is 0 Å². The van der Waals surface area contributed by atoms with Gasteiger partial charge in [0, 0.05) is 5.56 Å². The van der Waals surface area contributed by atoms with Gasteiger partial charge < -0.3 is 10.8 Å². The van der Waals surface area contributed by atoms with Gasteiger partial charge in [-0.25, -0.2) is 9.18 Å². The molecule has 14 heavy (non-hydrogen) atoms. The lowest BCUT2D eigenvalue weighted by atomic mass is 10.0. The minimum atomic E-state index is -1.20. The lowest BCUT2D eigenvalue weighted by molar-refractivity contribution is 0.0694. The summed E-state index contributed by atoms with van der Waals surface area (Å²) in [4.78, 5) is 10.7. The Balaban J connectivity index is 3.36. The number of carboxylic acid groups (broad SMARTS) is 1. The average molecular weight is 195 g/mol. The molecule has 0 aromatic heterocycles. The van der Waals surface area contributed by atoms with Crippen LogP contribution in [0.15, 0.2) is 30.9 Å². The summed E-state index contributed by atoms with van der Waals surface area (Å²) in [6.07, 6.45) is 1.30. The van der Waals surface area contributed by atoms with Crippen LogP contribution in [0.25, 0.3) is 0 Å². The van der Waals surface area contributed by atoms with Crippen LogP contribution < -0.4 is 5.73 Å². The summed E-state index contributed by atoms with van der Waals surface area (Å²) in [7, 11) is 0. The zero-order chi connectivity index (χ0) is 10.7. The number of carbonyl (C=O) groups is 1. The number of rotatable bonds is 3. The third-order valence-electron chi connectivity index (χ3n) is 1.87. The molecule has 3 N–H and O–H groups in total. The number of halogens is 1. The highest BCUT2D eigenvalue weighted by atomic mass is 19.1. The maximum Gasteiger partial charge on any atom is 0.336 e. The van der Waals surface area contributed by atoms with Crippen molar-refractivity contribution in [1.29, 1.82) is 0 Å². The van der Waals surface area contributed by atoms with Gasteiger partial charge in [-0.2, -0.15) is 0 Å². The van der Waals surface area contributed by atoms with Gasteiger partial charge in [0.05, 0.1) is 11.6 Å². The fraction of sp³-hybridized carbons (Fsp3) is 0.100. The van der Waals surface area contributed by atoms with E-state index >= 15 is 0 Å². The Morgan fingerprint density at radius 2 is 2.29 bits per heavy atom. The van der Waals surface area contributed by atoms with E-state index in [0.717, 1.165) is 0 Å². The molecule has 0 radical (unpaired) electrons. The van der Waals surface area contributed by atoms with Crippen molar-refractivity contribution < 1.29 is 14.3 Å². The van der Waals surface area contributed by atoms with Crippen LogP contribution in [0.5, 0.6) is 0 Å². The van der Waals surface area contributed by atoms with Crippen LogP contribution in [-0.4, -0.2) is 11.1 Å². The molecule has 1 rings (SSSR count). The fourth-order valence-electron chi connectivity index (χ4n) is 1.18. The summed E-state index contributed by atoms with van der Waals surface area (Å²) in [5.74, 6) is -1.82. The molecule has 1 atom stereocenters.